The number of piperidine rings is 1. The second-order valence-corrected chi connectivity index (χ2v) is 6.61. The normalized spacial score (nSPS) is 15.5. The number of ether oxygens (including phenoxy) is 1. The Balaban J connectivity index is 1.41. The van der Waals surface area contributed by atoms with Crippen molar-refractivity contribution < 1.29 is 9.53 Å². The Bertz CT molecular complexity index is 711. The molecule has 0 N–H and O–H groups in total. The number of rotatable bonds is 8. The number of hydrogen-bond donors (Lipinski definition) is 0. The van der Waals surface area contributed by atoms with Crippen molar-refractivity contribution in [3.05, 3.63) is 64.7 Å². The molecule has 1 aliphatic rings. The summed E-state index contributed by atoms with van der Waals surface area (Å²) in [5, 5.41) is 2.60. The number of carbonyl (C=O) groups is 1. The third kappa shape index (κ3) is 5.20. The van der Waals surface area contributed by atoms with Crippen LogP contribution < -0.4 is 4.74 Å². The van der Waals surface area contributed by atoms with E-state index in [0.717, 1.165) is 32.5 Å². The lowest BCUT2D eigenvalue weighted by atomic mass is 9.97. The van der Waals surface area contributed by atoms with Gasteiger partial charge in [-0.3, -0.25) is 9.69 Å². The number of nitroso groups, excluding NO2 is 1. The van der Waals surface area contributed by atoms with Crippen LogP contribution in [0.1, 0.15) is 28.8 Å². The molecule has 136 valence electrons. The van der Waals surface area contributed by atoms with Gasteiger partial charge in [-0.05, 0) is 43.5 Å². The molecule has 3 rings (SSSR count). The molecule has 1 aliphatic heterocycles. The predicted octanol–water partition coefficient (Wildman–Crippen LogP) is 3.32. The van der Waals surface area contributed by atoms with Crippen LogP contribution in [0.3, 0.4) is 0 Å². The minimum absolute atomic E-state index is 0.329. The van der Waals surface area contributed by atoms with Gasteiger partial charge in [-0.2, -0.15) is 4.91 Å². The molecule has 1 fully saturated rings. The molecule has 0 unspecified atom stereocenters. The number of aromatic nitrogens is 1. The van der Waals surface area contributed by atoms with Gasteiger partial charge in [0.1, 0.15) is 6.54 Å². The molecular weight excluding hydrogens is 330 g/mol. The largest absolute Gasteiger partial charge is 0.477 e. The summed E-state index contributed by atoms with van der Waals surface area (Å²) in [6.07, 6.45) is 3.65. The highest BCUT2D eigenvalue weighted by molar-refractivity contribution is 5.97. The van der Waals surface area contributed by atoms with E-state index in [4.69, 9.17) is 4.74 Å². The van der Waals surface area contributed by atoms with E-state index >= 15 is 0 Å². The lowest BCUT2D eigenvalue weighted by Crippen LogP contribution is -2.35. The molecule has 1 aromatic heterocycles. The van der Waals surface area contributed by atoms with E-state index in [-0.39, 0.29) is 12.3 Å². The van der Waals surface area contributed by atoms with Crippen LogP contribution in [0.5, 0.6) is 5.88 Å². The monoisotopic (exact) mass is 353 g/mol. The molecule has 0 bridgehead atoms. The molecule has 6 nitrogen and oxygen atoms in total. The van der Waals surface area contributed by atoms with Gasteiger partial charge in [0, 0.05) is 24.4 Å². The Morgan fingerprint density at radius 1 is 1.15 bits per heavy atom. The number of pyridine rings is 1. The topological polar surface area (TPSA) is 71.9 Å². The van der Waals surface area contributed by atoms with E-state index in [1.54, 1.807) is 12.1 Å². The van der Waals surface area contributed by atoms with Crippen LogP contribution in [0.15, 0.2) is 53.8 Å². The molecule has 0 aliphatic carbocycles. The Morgan fingerprint density at radius 3 is 2.58 bits per heavy atom. The van der Waals surface area contributed by atoms with E-state index in [1.165, 1.54) is 11.8 Å². The summed E-state index contributed by atoms with van der Waals surface area (Å²) in [5.74, 6) is 0.696. The SMILES string of the molecule is O=NCC(=O)c1ccc(OCC2CCN(Cc3ccccc3)CC2)nc1. The van der Waals surface area contributed by atoms with Gasteiger partial charge >= 0.3 is 0 Å². The van der Waals surface area contributed by atoms with E-state index < -0.39 is 0 Å². The van der Waals surface area contributed by atoms with Crippen LogP contribution >= 0.6 is 0 Å². The molecule has 1 saturated heterocycles. The first-order chi connectivity index (χ1) is 12.7. The first kappa shape index (κ1) is 18.2. The van der Waals surface area contributed by atoms with Crippen LogP contribution in [-0.2, 0) is 6.54 Å². The summed E-state index contributed by atoms with van der Waals surface area (Å²) in [5.41, 5.74) is 1.73. The summed E-state index contributed by atoms with van der Waals surface area (Å²) >= 11 is 0. The summed E-state index contributed by atoms with van der Waals surface area (Å²) in [4.78, 5) is 28.3. The Hall–Kier alpha value is -2.60. The van der Waals surface area contributed by atoms with Crippen molar-refractivity contribution in [2.45, 2.75) is 19.4 Å². The fourth-order valence-corrected chi connectivity index (χ4v) is 3.14. The van der Waals surface area contributed by atoms with Gasteiger partial charge in [-0.25, -0.2) is 4.98 Å². The van der Waals surface area contributed by atoms with Crippen LogP contribution in [0.4, 0.5) is 0 Å². The number of Topliss-reactive ketones (excluding diaryl/α,β-unsaturated/α-hetero) is 1. The number of benzene rings is 1. The van der Waals surface area contributed by atoms with Gasteiger partial charge in [-0.1, -0.05) is 35.5 Å². The van der Waals surface area contributed by atoms with E-state index in [1.807, 2.05) is 6.07 Å². The van der Waals surface area contributed by atoms with Gasteiger partial charge in [0.15, 0.2) is 5.78 Å². The van der Waals surface area contributed by atoms with E-state index in [2.05, 4.69) is 39.3 Å². The number of ketones is 1. The van der Waals surface area contributed by atoms with E-state index in [9.17, 15) is 9.70 Å². The maximum atomic E-state index is 11.5. The van der Waals surface area contributed by atoms with Gasteiger partial charge in [0.05, 0.1) is 6.61 Å². The third-order valence-electron chi connectivity index (χ3n) is 4.69. The zero-order valence-corrected chi connectivity index (χ0v) is 14.7. The highest BCUT2D eigenvalue weighted by atomic mass is 16.5. The van der Waals surface area contributed by atoms with Crippen molar-refractivity contribution >= 4 is 5.78 Å². The van der Waals surface area contributed by atoms with Crippen molar-refractivity contribution in [1.29, 1.82) is 0 Å². The molecule has 2 aromatic rings. The maximum Gasteiger partial charge on any atom is 0.213 e. The van der Waals surface area contributed by atoms with Gasteiger partial charge < -0.3 is 4.74 Å². The van der Waals surface area contributed by atoms with Crippen LogP contribution in [0.25, 0.3) is 0 Å². The summed E-state index contributed by atoms with van der Waals surface area (Å²) in [6.45, 7) is 3.42. The zero-order chi connectivity index (χ0) is 18.2. The average Bonchev–Trinajstić information content (AvgIpc) is 2.69. The number of carbonyl (C=O) groups excluding carboxylic acids is 1. The van der Waals surface area contributed by atoms with Gasteiger partial charge in [-0.15, -0.1) is 0 Å². The summed E-state index contributed by atoms with van der Waals surface area (Å²) < 4.78 is 5.77. The molecule has 0 amide bonds. The molecular formula is C20H23N3O3. The standard InChI is InChI=1S/C20H23N3O3/c24-19(13-22-25)18-6-7-20(21-12-18)26-15-17-8-10-23(11-9-17)14-16-4-2-1-3-5-16/h1-7,12,17H,8-11,13-15H2. The molecule has 0 radical (unpaired) electrons. The van der Waals surface area contributed by atoms with Gasteiger partial charge in [0.2, 0.25) is 5.88 Å². The number of likely N-dealkylation sites (tertiary alicyclic amines) is 1. The highest BCUT2D eigenvalue weighted by Gasteiger charge is 2.20. The smallest absolute Gasteiger partial charge is 0.213 e. The quantitative estimate of drug-likeness (QED) is 0.538. The molecule has 2 heterocycles. The Kier molecular flexibility index (Phi) is 6.44. The lowest BCUT2D eigenvalue weighted by Gasteiger charge is -2.31. The van der Waals surface area contributed by atoms with Crippen LogP contribution in [0, 0.1) is 10.8 Å². The molecule has 0 spiro atoms. The number of hydrogen-bond acceptors (Lipinski definition) is 6. The van der Waals surface area contributed by atoms with Crippen molar-refractivity contribution in [3.8, 4) is 5.88 Å². The summed E-state index contributed by atoms with van der Waals surface area (Å²) in [6, 6.07) is 13.8. The maximum absolute atomic E-state index is 11.5. The minimum Gasteiger partial charge on any atom is -0.477 e. The first-order valence-corrected chi connectivity index (χ1v) is 8.92. The first-order valence-electron chi connectivity index (χ1n) is 8.92. The zero-order valence-electron chi connectivity index (χ0n) is 14.7. The fourth-order valence-electron chi connectivity index (χ4n) is 3.14. The second kappa shape index (κ2) is 9.20. The van der Waals surface area contributed by atoms with Crippen LogP contribution in [0.2, 0.25) is 0 Å². The predicted molar refractivity (Wildman–Crippen MR) is 99.2 cm³/mol. The van der Waals surface area contributed by atoms with Crippen molar-refractivity contribution in [2.24, 2.45) is 11.1 Å². The van der Waals surface area contributed by atoms with Gasteiger partial charge in [0.25, 0.3) is 0 Å². The lowest BCUT2D eigenvalue weighted by molar-refractivity contribution is 0.100. The van der Waals surface area contributed by atoms with Crippen LogP contribution in [-0.4, -0.2) is 41.9 Å². The van der Waals surface area contributed by atoms with Crippen molar-refractivity contribution in [1.82, 2.24) is 9.88 Å². The second-order valence-electron chi connectivity index (χ2n) is 6.61. The molecule has 26 heavy (non-hydrogen) atoms. The molecule has 0 atom stereocenters. The Morgan fingerprint density at radius 2 is 1.92 bits per heavy atom. The fraction of sp³-hybridized carbons (Fsp3) is 0.400. The summed E-state index contributed by atoms with van der Waals surface area (Å²) in [7, 11) is 0. The molecule has 0 saturated carbocycles. The average molecular weight is 353 g/mol. The van der Waals surface area contributed by atoms with E-state index in [0.29, 0.717) is 24.0 Å². The molecule has 1 aromatic carbocycles. The number of nitrogens with zero attached hydrogens (tertiary/aromatic N) is 3. The minimum atomic E-state index is -0.358. The molecule has 6 heteroatoms. The van der Waals surface area contributed by atoms with Crippen molar-refractivity contribution in [2.75, 3.05) is 26.2 Å². The van der Waals surface area contributed by atoms with Crippen molar-refractivity contribution in [3.63, 3.8) is 0 Å². The Labute approximate surface area is 153 Å². The third-order valence-corrected chi connectivity index (χ3v) is 4.69. The highest BCUT2D eigenvalue weighted by Crippen LogP contribution is 2.20.